The van der Waals surface area contributed by atoms with Gasteiger partial charge in [-0.15, -0.1) is 0 Å². The van der Waals surface area contributed by atoms with Gasteiger partial charge in [0.2, 0.25) is 0 Å². The molecule has 28 heavy (non-hydrogen) atoms. The average Bonchev–Trinajstić information content (AvgIpc) is 2.61. The maximum atomic E-state index is 12.7. The Balaban J connectivity index is 2.10. The summed E-state index contributed by atoms with van der Waals surface area (Å²) in [4.78, 5) is 33.7. The highest BCUT2D eigenvalue weighted by Gasteiger charge is 2.33. The monoisotopic (exact) mass is 436 g/mol. The molecule has 0 spiro atoms. The van der Waals surface area contributed by atoms with Crippen LogP contribution in [0.3, 0.4) is 0 Å². The first-order valence-electron chi connectivity index (χ1n) is 7.27. The third kappa shape index (κ3) is 5.11. The minimum Gasteiger partial charge on any atom is -0.452 e. The number of rotatable bonds is 5. The molecule has 0 radical (unpaired) electrons. The number of amides is 1. The lowest BCUT2D eigenvalue weighted by Gasteiger charge is -2.10. The molecule has 148 valence electrons. The highest BCUT2D eigenvalue weighted by atomic mass is 35.5. The highest BCUT2D eigenvalue weighted by Crippen LogP contribution is 2.35. The van der Waals surface area contributed by atoms with E-state index in [9.17, 15) is 32.9 Å². The smallest absolute Gasteiger partial charge is 0.416 e. The van der Waals surface area contributed by atoms with Gasteiger partial charge in [-0.05, 0) is 24.3 Å². The molecule has 0 aromatic heterocycles. The minimum absolute atomic E-state index is 0.0842. The number of anilines is 1. The first-order valence-corrected chi connectivity index (χ1v) is 8.03. The molecule has 2 aromatic carbocycles. The number of ether oxygens (including phenoxy) is 1. The molecule has 0 aliphatic carbocycles. The third-order valence-corrected chi connectivity index (χ3v) is 4.12. The second kappa shape index (κ2) is 8.44. The van der Waals surface area contributed by atoms with E-state index in [0.717, 1.165) is 6.07 Å². The number of carbonyl (C=O) groups excluding carboxylic acids is 2. The van der Waals surface area contributed by atoms with Gasteiger partial charge in [0.1, 0.15) is 5.69 Å². The first-order chi connectivity index (χ1) is 13.0. The molecule has 7 nitrogen and oxygen atoms in total. The van der Waals surface area contributed by atoms with E-state index in [2.05, 4.69) is 0 Å². The molecule has 0 heterocycles. The van der Waals surface area contributed by atoms with E-state index in [-0.39, 0.29) is 21.7 Å². The third-order valence-electron chi connectivity index (χ3n) is 3.30. The maximum absolute atomic E-state index is 12.7. The molecule has 12 heteroatoms. The summed E-state index contributed by atoms with van der Waals surface area (Å²) < 4.78 is 42.7. The number of alkyl halides is 3. The highest BCUT2D eigenvalue weighted by molar-refractivity contribution is 6.43. The summed E-state index contributed by atoms with van der Waals surface area (Å²) in [5, 5.41) is 13.0. The van der Waals surface area contributed by atoms with Crippen LogP contribution >= 0.6 is 23.2 Å². The molecule has 0 saturated heterocycles. The zero-order chi connectivity index (χ0) is 21.1. The van der Waals surface area contributed by atoms with Crippen LogP contribution in [0.5, 0.6) is 0 Å². The summed E-state index contributed by atoms with van der Waals surface area (Å²) in [6.45, 7) is -0.861. The van der Waals surface area contributed by atoms with Crippen molar-refractivity contribution < 1.29 is 32.4 Å². The largest absolute Gasteiger partial charge is 0.452 e. The average molecular weight is 437 g/mol. The summed E-state index contributed by atoms with van der Waals surface area (Å²) in [7, 11) is 0. The van der Waals surface area contributed by atoms with Crippen molar-refractivity contribution in [1.29, 1.82) is 0 Å². The van der Waals surface area contributed by atoms with Crippen molar-refractivity contribution in [2.45, 2.75) is 6.18 Å². The molecule has 0 fully saturated rings. The number of benzene rings is 2. The van der Waals surface area contributed by atoms with Crippen molar-refractivity contribution in [3.63, 3.8) is 0 Å². The van der Waals surface area contributed by atoms with Crippen molar-refractivity contribution >= 4 is 46.5 Å². The van der Waals surface area contributed by atoms with Crippen LogP contribution in [-0.4, -0.2) is 23.4 Å². The van der Waals surface area contributed by atoms with Crippen molar-refractivity contribution in [2.24, 2.45) is 0 Å². The second-order valence-corrected chi connectivity index (χ2v) is 6.00. The topological polar surface area (TPSA) is 98.5 Å². The fourth-order valence-electron chi connectivity index (χ4n) is 2.02. The fourth-order valence-corrected chi connectivity index (χ4v) is 2.40. The Labute approximate surface area is 165 Å². The van der Waals surface area contributed by atoms with Crippen LogP contribution in [0.2, 0.25) is 10.0 Å². The number of nitrogens with zero attached hydrogens (tertiary/aromatic N) is 1. The van der Waals surface area contributed by atoms with E-state index in [4.69, 9.17) is 27.9 Å². The molecule has 2 aromatic rings. The molecular formula is C16H9Cl2F3N2O5. The molecule has 0 atom stereocenters. The molecule has 2 rings (SSSR count). The lowest BCUT2D eigenvalue weighted by molar-refractivity contribution is -0.384. The lowest BCUT2D eigenvalue weighted by Crippen LogP contribution is -2.21. The normalized spacial score (nSPS) is 11.0. The van der Waals surface area contributed by atoms with Gasteiger partial charge in [-0.2, -0.15) is 13.2 Å². The van der Waals surface area contributed by atoms with Gasteiger partial charge in [0.05, 0.1) is 26.1 Å². The van der Waals surface area contributed by atoms with Gasteiger partial charge in [-0.1, -0.05) is 29.3 Å². The summed E-state index contributed by atoms with van der Waals surface area (Å²) >= 11 is 11.6. The molecule has 1 N–H and O–H groups in total. The Kier molecular flexibility index (Phi) is 6.47. The first kappa shape index (κ1) is 21.5. The zero-order valence-electron chi connectivity index (χ0n) is 13.5. The number of esters is 1. The second-order valence-electron chi connectivity index (χ2n) is 5.21. The van der Waals surface area contributed by atoms with Gasteiger partial charge in [0.25, 0.3) is 11.6 Å². The standard InChI is InChI=1S/C16H9Cl2F3N2O5/c17-10-3-1-2-9(14(10)18)15(25)28-7-13(24)22-11-5-4-8(16(19,20)21)6-12(11)23(26)27/h1-6H,7H2,(H,22,24). The van der Waals surface area contributed by atoms with E-state index in [0.29, 0.717) is 6.07 Å². The molecule has 0 unspecified atom stereocenters. The number of nitro groups is 1. The van der Waals surface area contributed by atoms with Crippen LogP contribution in [0, 0.1) is 10.1 Å². The zero-order valence-corrected chi connectivity index (χ0v) is 15.1. The predicted octanol–water partition coefficient (Wildman–Crippen LogP) is 4.72. The molecule has 0 bridgehead atoms. The molecular weight excluding hydrogens is 428 g/mol. The summed E-state index contributed by atoms with van der Waals surface area (Å²) in [6, 6.07) is 5.74. The van der Waals surface area contributed by atoms with E-state index in [1.807, 2.05) is 5.32 Å². The molecule has 0 saturated carbocycles. The van der Waals surface area contributed by atoms with E-state index in [1.165, 1.54) is 18.2 Å². The van der Waals surface area contributed by atoms with Gasteiger partial charge in [-0.25, -0.2) is 4.79 Å². The number of hydrogen-bond acceptors (Lipinski definition) is 5. The van der Waals surface area contributed by atoms with Crippen molar-refractivity contribution in [3.8, 4) is 0 Å². The number of nitrogens with one attached hydrogen (secondary N) is 1. The Morgan fingerprint density at radius 3 is 2.46 bits per heavy atom. The van der Waals surface area contributed by atoms with Crippen LogP contribution in [0.4, 0.5) is 24.5 Å². The summed E-state index contributed by atoms with van der Waals surface area (Å²) in [5.74, 6) is -1.99. The number of hydrogen-bond donors (Lipinski definition) is 1. The number of nitro benzene ring substituents is 1. The lowest BCUT2D eigenvalue weighted by atomic mass is 10.1. The van der Waals surface area contributed by atoms with Gasteiger partial charge < -0.3 is 10.1 Å². The van der Waals surface area contributed by atoms with Gasteiger partial charge in [0, 0.05) is 6.07 Å². The van der Waals surface area contributed by atoms with Crippen LogP contribution in [0.25, 0.3) is 0 Å². The number of carbonyl (C=O) groups is 2. The van der Waals surface area contributed by atoms with E-state index >= 15 is 0 Å². The van der Waals surface area contributed by atoms with Gasteiger partial charge in [-0.3, -0.25) is 14.9 Å². The van der Waals surface area contributed by atoms with Crippen molar-refractivity contribution in [1.82, 2.24) is 0 Å². The summed E-state index contributed by atoms with van der Waals surface area (Å²) in [6.07, 6.45) is -4.79. The van der Waals surface area contributed by atoms with E-state index in [1.54, 1.807) is 0 Å². The Bertz CT molecular complexity index is 950. The van der Waals surface area contributed by atoms with Gasteiger partial charge in [0.15, 0.2) is 6.61 Å². The van der Waals surface area contributed by atoms with E-state index < -0.39 is 46.5 Å². The molecule has 0 aliphatic heterocycles. The predicted molar refractivity (Wildman–Crippen MR) is 93.5 cm³/mol. The summed E-state index contributed by atoms with van der Waals surface area (Å²) in [5.41, 5.74) is -2.81. The number of halogens is 5. The molecule has 0 aliphatic rings. The molecule has 1 amide bonds. The Hall–Kier alpha value is -2.85. The fraction of sp³-hybridized carbons (Fsp3) is 0.125. The van der Waals surface area contributed by atoms with Crippen LogP contribution < -0.4 is 5.32 Å². The van der Waals surface area contributed by atoms with Crippen LogP contribution in [0.1, 0.15) is 15.9 Å². The van der Waals surface area contributed by atoms with Crippen molar-refractivity contribution in [3.05, 3.63) is 67.7 Å². The quantitative estimate of drug-likeness (QED) is 0.415. The van der Waals surface area contributed by atoms with Crippen LogP contribution in [0.15, 0.2) is 36.4 Å². The SMILES string of the molecule is O=C(COC(=O)c1cccc(Cl)c1Cl)Nc1ccc(C(F)(F)F)cc1[N+](=O)[O-]. The Morgan fingerprint density at radius 2 is 1.86 bits per heavy atom. The van der Waals surface area contributed by atoms with Gasteiger partial charge >= 0.3 is 12.1 Å². The minimum atomic E-state index is -4.79. The Morgan fingerprint density at radius 1 is 1.18 bits per heavy atom. The maximum Gasteiger partial charge on any atom is 0.416 e. The van der Waals surface area contributed by atoms with Crippen molar-refractivity contribution in [2.75, 3.05) is 11.9 Å². The van der Waals surface area contributed by atoms with Crippen LogP contribution in [-0.2, 0) is 15.7 Å².